The predicted octanol–water partition coefficient (Wildman–Crippen LogP) is 2.12. The second-order valence-electron chi connectivity index (χ2n) is 6.07. The van der Waals surface area contributed by atoms with E-state index in [1.54, 1.807) is 19.1 Å². The molecule has 0 unspecified atom stereocenters. The standard InChI is InChI=1S/C20H22N2O4/c1-25-17-9-8-15(12-18(17)26-2)10-11-21-13-20(24)22(14-19(21)23)16-6-4-3-5-7-16/h3-9,12H,10-11,13-14H2,1-2H3. The molecule has 136 valence electrons. The molecule has 0 saturated carbocycles. The van der Waals surface area contributed by atoms with E-state index in [1.165, 1.54) is 4.90 Å². The summed E-state index contributed by atoms with van der Waals surface area (Å²) in [6.07, 6.45) is 0.644. The highest BCUT2D eigenvalue weighted by atomic mass is 16.5. The lowest BCUT2D eigenvalue weighted by Gasteiger charge is -2.34. The lowest BCUT2D eigenvalue weighted by atomic mass is 10.1. The number of hydrogen-bond donors (Lipinski definition) is 0. The van der Waals surface area contributed by atoms with Gasteiger partial charge in [0.1, 0.15) is 13.1 Å². The summed E-state index contributed by atoms with van der Waals surface area (Å²) in [5, 5.41) is 0. The molecule has 0 radical (unpaired) electrons. The molecule has 3 rings (SSSR count). The van der Waals surface area contributed by atoms with Crippen LogP contribution in [0.15, 0.2) is 48.5 Å². The minimum absolute atomic E-state index is 0.0473. The first-order chi connectivity index (χ1) is 12.6. The summed E-state index contributed by atoms with van der Waals surface area (Å²) < 4.78 is 10.5. The first-order valence-electron chi connectivity index (χ1n) is 8.46. The van der Waals surface area contributed by atoms with Gasteiger partial charge in [0.2, 0.25) is 11.8 Å². The SMILES string of the molecule is COc1ccc(CCN2CC(=O)N(c3ccccc3)CC2=O)cc1OC. The van der Waals surface area contributed by atoms with Crippen LogP contribution in [-0.2, 0) is 16.0 Å². The summed E-state index contributed by atoms with van der Waals surface area (Å²) in [6, 6.07) is 14.9. The zero-order chi connectivity index (χ0) is 18.5. The summed E-state index contributed by atoms with van der Waals surface area (Å²) in [5.74, 6) is 1.21. The Morgan fingerprint density at radius 2 is 1.62 bits per heavy atom. The highest BCUT2D eigenvalue weighted by Crippen LogP contribution is 2.28. The third kappa shape index (κ3) is 3.79. The maximum Gasteiger partial charge on any atom is 0.247 e. The second-order valence-corrected chi connectivity index (χ2v) is 6.07. The fourth-order valence-electron chi connectivity index (χ4n) is 3.01. The summed E-state index contributed by atoms with van der Waals surface area (Å²) in [7, 11) is 3.18. The summed E-state index contributed by atoms with van der Waals surface area (Å²) in [6.45, 7) is 0.665. The number of nitrogens with zero attached hydrogens (tertiary/aromatic N) is 2. The van der Waals surface area contributed by atoms with Crippen molar-refractivity contribution in [2.45, 2.75) is 6.42 Å². The Morgan fingerprint density at radius 1 is 0.885 bits per heavy atom. The van der Waals surface area contributed by atoms with Crippen molar-refractivity contribution in [3.8, 4) is 11.5 Å². The van der Waals surface area contributed by atoms with Crippen LogP contribution >= 0.6 is 0 Å². The molecule has 1 fully saturated rings. The zero-order valence-corrected chi connectivity index (χ0v) is 15.0. The van der Waals surface area contributed by atoms with Crippen molar-refractivity contribution >= 4 is 17.5 Å². The number of benzene rings is 2. The normalized spacial score (nSPS) is 14.5. The molecule has 0 atom stereocenters. The maximum atomic E-state index is 12.5. The van der Waals surface area contributed by atoms with Crippen molar-refractivity contribution in [2.24, 2.45) is 0 Å². The van der Waals surface area contributed by atoms with E-state index >= 15 is 0 Å². The van der Waals surface area contributed by atoms with Crippen LogP contribution in [0.2, 0.25) is 0 Å². The molecule has 2 aromatic rings. The molecule has 6 heteroatoms. The molecule has 0 aromatic heterocycles. The van der Waals surface area contributed by atoms with Crippen LogP contribution in [0.25, 0.3) is 0 Å². The average molecular weight is 354 g/mol. The molecule has 1 aliphatic heterocycles. The molecule has 2 amide bonds. The molecule has 0 spiro atoms. The molecule has 1 aliphatic rings. The van der Waals surface area contributed by atoms with Gasteiger partial charge in [0.25, 0.3) is 0 Å². The molecule has 0 bridgehead atoms. The van der Waals surface area contributed by atoms with E-state index in [1.807, 2.05) is 48.5 Å². The number of para-hydroxylation sites is 1. The maximum absolute atomic E-state index is 12.5. The van der Waals surface area contributed by atoms with E-state index in [0.29, 0.717) is 24.5 Å². The minimum Gasteiger partial charge on any atom is -0.493 e. The van der Waals surface area contributed by atoms with Gasteiger partial charge in [-0.05, 0) is 36.2 Å². The Labute approximate surface area is 152 Å². The fourth-order valence-corrected chi connectivity index (χ4v) is 3.01. The van der Waals surface area contributed by atoms with Crippen LogP contribution in [0.3, 0.4) is 0 Å². The quantitative estimate of drug-likeness (QED) is 0.797. The molecule has 6 nitrogen and oxygen atoms in total. The number of piperazine rings is 1. The number of rotatable bonds is 6. The Hall–Kier alpha value is -3.02. The topological polar surface area (TPSA) is 59.1 Å². The summed E-state index contributed by atoms with van der Waals surface area (Å²) in [4.78, 5) is 28.0. The van der Waals surface area contributed by atoms with Crippen LogP contribution in [-0.4, -0.2) is 50.6 Å². The number of ether oxygens (including phenoxy) is 2. The smallest absolute Gasteiger partial charge is 0.247 e. The van der Waals surface area contributed by atoms with Crippen LogP contribution in [0.1, 0.15) is 5.56 Å². The highest BCUT2D eigenvalue weighted by Gasteiger charge is 2.30. The van der Waals surface area contributed by atoms with Crippen molar-refractivity contribution in [3.63, 3.8) is 0 Å². The van der Waals surface area contributed by atoms with Gasteiger partial charge in [-0.2, -0.15) is 0 Å². The number of methoxy groups -OCH3 is 2. The number of amides is 2. The Kier molecular flexibility index (Phi) is 5.41. The fraction of sp³-hybridized carbons (Fsp3) is 0.300. The van der Waals surface area contributed by atoms with Gasteiger partial charge in [0, 0.05) is 12.2 Å². The molecule has 1 heterocycles. The van der Waals surface area contributed by atoms with E-state index in [2.05, 4.69) is 0 Å². The van der Waals surface area contributed by atoms with Gasteiger partial charge < -0.3 is 19.3 Å². The molecule has 1 saturated heterocycles. The Balaban J connectivity index is 1.63. The average Bonchev–Trinajstić information content (AvgIpc) is 2.68. The molecular weight excluding hydrogens is 332 g/mol. The van der Waals surface area contributed by atoms with Gasteiger partial charge in [-0.3, -0.25) is 9.59 Å². The number of anilines is 1. The lowest BCUT2D eigenvalue weighted by Crippen LogP contribution is -2.54. The first kappa shape index (κ1) is 17.8. The van der Waals surface area contributed by atoms with Crippen molar-refractivity contribution in [3.05, 3.63) is 54.1 Å². The van der Waals surface area contributed by atoms with Crippen LogP contribution < -0.4 is 14.4 Å². The molecule has 0 N–H and O–H groups in total. The van der Waals surface area contributed by atoms with Crippen LogP contribution in [0.5, 0.6) is 11.5 Å². The van der Waals surface area contributed by atoms with Crippen molar-refractivity contribution < 1.29 is 19.1 Å². The molecular formula is C20H22N2O4. The summed E-state index contributed by atoms with van der Waals surface area (Å²) >= 11 is 0. The molecule has 2 aromatic carbocycles. The third-order valence-electron chi connectivity index (χ3n) is 4.46. The van der Waals surface area contributed by atoms with Gasteiger partial charge in [0.05, 0.1) is 14.2 Å². The van der Waals surface area contributed by atoms with E-state index in [0.717, 1.165) is 11.3 Å². The minimum atomic E-state index is -0.0666. The van der Waals surface area contributed by atoms with Crippen molar-refractivity contribution in [2.75, 3.05) is 38.8 Å². The van der Waals surface area contributed by atoms with Gasteiger partial charge in [-0.15, -0.1) is 0 Å². The van der Waals surface area contributed by atoms with E-state index < -0.39 is 0 Å². The largest absolute Gasteiger partial charge is 0.493 e. The number of carbonyl (C=O) groups excluding carboxylic acids is 2. The molecule has 0 aliphatic carbocycles. The predicted molar refractivity (Wildman–Crippen MR) is 98.6 cm³/mol. The van der Waals surface area contributed by atoms with Crippen LogP contribution in [0.4, 0.5) is 5.69 Å². The Morgan fingerprint density at radius 3 is 2.31 bits per heavy atom. The van der Waals surface area contributed by atoms with E-state index in [-0.39, 0.29) is 24.9 Å². The van der Waals surface area contributed by atoms with Crippen molar-refractivity contribution in [1.29, 1.82) is 0 Å². The van der Waals surface area contributed by atoms with Crippen LogP contribution in [0, 0.1) is 0 Å². The van der Waals surface area contributed by atoms with Gasteiger partial charge in [-0.1, -0.05) is 24.3 Å². The third-order valence-corrected chi connectivity index (χ3v) is 4.46. The van der Waals surface area contributed by atoms with E-state index in [9.17, 15) is 9.59 Å². The summed E-state index contributed by atoms with van der Waals surface area (Å²) in [5.41, 5.74) is 1.78. The number of carbonyl (C=O) groups is 2. The zero-order valence-electron chi connectivity index (χ0n) is 15.0. The van der Waals surface area contributed by atoms with Gasteiger partial charge in [0.15, 0.2) is 11.5 Å². The second kappa shape index (κ2) is 7.91. The lowest BCUT2D eigenvalue weighted by molar-refractivity contribution is -0.138. The van der Waals surface area contributed by atoms with Crippen molar-refractivity contribution in [1.82, 2.24) is 4.90 Å². The Bertz CT molecular complexity index is 792. The molecule has 26 heavy (non-hydrogen) atoms. The van der Waals surface area contributed by atoms with Gasteiger partial charge in [-0.25, -0.2) is 0 Å². The highest BCUT2D eigenvalue weighted by molar-refractivity contribution is 6.04. The van der Waals surface area contributed by atoms with Gasteiger partial charge >= 0.3 is 0 Å². The monoisotopic (exact) mass is 354 g/mol. The van der Waals surface area contributed by atoms with E-state index in [4.69, 9.17) is 9.47 Å². The first-order valence-corrected chi connectivity index (χ1v) is 8.46. The number of hydrogen-bond acceptors (Lipinski definition) is 4.